The Bertz CT molecular complexity index is 876. The van der Waals surface area contributed by atoms with E-state index in [0.29, 0.717) is 11.3 Å². The van der Waals surface area contributed by atoms with Crippen LogP contribution in [-0.4, -0.2) is 36.3 Å². The van der Waals surface area contributed by atoms with Gasteiger partial charge in [-0.3, -0.25) is 0 Å². The van der Waals surface area contributed by atoms with Crippen molar-refractivity contribution in [2.45, 2.75) is 12.2 Å². The number of carbonyl (C=O) groups excluding carboxylic acids is 1. The van der Waals surface area contributed by atoms with Crippen LogP contribution >= 0.6 is 15.9 Å². The minimum atomic E-state index is -4.50. The van der Waals surface area contributed by atoms with Crippen LogP contribution in [-0.2, 0) is 6.18 Å². The summed E-state index contributed by atoms with van der Waals surface area (Å²) in [5.74, 6) is 0.218. The second kappa shape index (κ2) is 8.00. The van der Waals surface area contributed by atoms with E-state index in [9.17, 15) is 23.1 Å². The maximum Gasteiger partial charge on any atom is 0.416 e. The van der Waals surface area contributed by atoms with E-state index in [0.717, 1.165) is 16.6 Å². The molecule has 1 heterocycles. The van der Waals surface area contributed by atoms with Gasteiger partial charge in [-0.2, -0.15) is 13.2 Å². The predicted molar refractivity (Wildman–Crippen MR) is 101 cm³/mol. The van der Waals surface area contributed by atoms with Crippen LogP contribution < -0.4 is 10.1 Å². The Morgan fingerprint density at radius 1 is 1.32 bits per heavy atom. The highest BCUT2D eigenvalue weighted by Crippen LogP contribution is 2.40. The Hall–Kier alpha value is -2.26. The molecule has 9 heteroatoms. The van der Waals surface area contributed by atoms with Crippen LogP contribution in [0.25, 0.3) is 0 Å². The lowest BCUT2D eigenvalue weighted by Gasteiger charge is -2.38. The Labute approximate surface area is 168 Å². The molecule has 150 valence electrons. The lowest BCUT2D eigenvalue weighted by molar-refractivity contribution is -0.137. The van der Waals surface area contributed by atoms with E-state index in [1.165, 1.54) is 24.1 Å². The van der Waals surface area contributed by atoms with Crippen LogP contribution in [0.1, 0.15) is 17.2 Å². The van der Waals surface area contributed by atoms with Crippen molar-refractivity contribution in [3.8, 4) is 5.75 Å². The van der Waals surface area contributed by atoms with Crippen molar-refractivity contribution in [1.82, 2.24) is 4.90 Å². The summed E-state index contributed by atoms with van der Waals surface area (Å²) in [6.07, 6.45) is -4.50. The minimum absolute atomic E-state index is 0.0359. The molecule has 5 nitrogen and oxygen atoms in total. The number of alkyl halides is 3. The summed E-state index contributed by atoms with van der Waals surface area (Å²) in [7, 11) is 1.53. The number of fused-ring (bicyclic) bond motifs is 1. The standard InChI is InChI=1S/C19H18BrF3N2O3/c1-25(18(27)24-14-4-2-3-12(7-14)19(21,22)23)17-11(9-26)10-28-16-6-5-13(20)8-15(16)17/h2-8,11,17,26H,9-10H2,1H3,(H,24,27)/t11-,17+/m0/s1. The second-order valence-electron chi connectivity index (χ2n) is 6.50. The van der Waals surface area contributed by atoms with Gasteiger partial charge in [-0.25, -0.2) is 4.79 Å². The average Bonchev–Trinajstić information content (AvgIpc) is 2.65. The van der Waals surface area contributed by atoms with Gasteiger partial charge in [-0.15, -0.1) is 0 Å². The van der Waals surface area contributed by atoms with Gasteiger partial charge in [0.25, 0.3) is 0 Å². The number of nitrogens with one attached hydrogen (secondary N) is 1. The van der Waals surface area contributed by atoms with Gasteiger partial charge in [-0.05, 0) is 36.4 Å². The molecule has 1 aliphatic rings. The maximum atomic E-state index is 12.9. The molecule has 0 aromatic heterocycles. The smallest absolute Gasteiger partial charge is 0.416 e. The first-order chi connectivity index (χ1) is 13.2. The fraction of sp³-hybridized carbons (Fsp3) is 0.316. The zero-order valence-corrected chi connectivity index (χ0v) is 16.4. The molecule has 28 heavy (non-hydrogen) atoms. The van der Waals surface area contributed by atoms with Crippen molar-refractivity contribution in [2.75, 3.05) is 25.6 Å². The molecule has 0 spiro atoms. The third kappa shape index (κ3) is 4.25. The molecular weight excluding hydrogens is 441 g/mol. The van der Waals surface area contributed by atoms with Gasteiger partial charge >= 0.3 is 12.2 Å². The van der Waals surface area contributed by atoms with E-state index >= 15 is 0 Å². The van der Waals surface area contributed by atoms with Crippen LogP contribution in [0.5, 0.6) is 5.75 Å². The summed E-state index contributed by atoms with van der Waals surface area (Å²) in [4.78, 5) is 14.1. The number of halogens is 4. The normalized spacial score (nSPS) is 18.8. The zero-order valence-electron chi connectivity index (χ0n) is 14.8. The highest BCUT2D eigenvalue weighted by atomic mass is 79.9. The first-order valence-electron chi connectivity index (χ1n) is 8.45. The third-order valence-electron chi connectivity index (χ3n) is 4.60. The molecule has 0 saturated carbocycles. The summed E-state index contributed by atoms with van der Waals surface area (Å²) in [5.41, 5.74) is -0.100. The number of nitrogens with zero attached hydrogens (tertiary/aromatic N) is 1. The molecule has 2 amide bonds. The van der Waals surface area contributed by atoms with Crippen molar-refractivity contribution < 1.29 is 27.8 Å². The number of carbonyl (C=O) groups is 1. The minimum Gasteiger partial charge on any atom is -0.493 e. The number of hydrogen-bond donors (Lipinski definition) is 2. The molecule has 0 aliphatic carbocycles. The average molecular weight is 459 g/mol. The number of hydrogen-bond acceptors (Lipinski definition) is 3. The topological polar surface area (TPSA) is 61.8 Å². The number of urea groups is 1. The monoisotopic (exact) mass is 458 g/mol. The highest BCUT2D eigenvalue weighted by Gasteiger charge is 2.36. The largest absolute Gasteiger partial charge is 0.493 e. The quantitative estimate of drug-likeness (QED) is 0.702. The summed E-state index contributed by atoms with van der Waals surface area (Å²) in [5, 5.41) is 12.2. The number of ether oxygens (including phenoxy) is 1. The van der Waals surface area contributed by atoms with Gasteiger partial charge in [0.05, 0.1) is 24.8 Å². The number of amides is 2. The third-order valence-corrected chi connectivity index (χ3v) is 5.10. The molecular formula is C19H18BrF3N2O3. The molecule has 2 aromatic carbocycles. The van der Waals surface area contributed by atoms with Crippen molar-refractivity contribution in [3.63, 3.8) is 0 Å². The van der Waals surface area contributed by atoms with Crippen LogP contribution in [0.15, 0.2) is 46.9 Å². The molecule has 2 atom stereocenters. The fourth-order valence-corrected chi connectivity index (χ4v) is 3.59. The van der Waals surface area contributed by atoms with Gasteiger partial charge in [0.1, 0.15) is 5.75 Å². The summed E-state index contributed by atoms with van der Waals surface area (Å²) >= 11 is 3.38. The SMILES string of the molecule is CN(C(=O)Nc1cccc(C(F)(F)F)c1)[C@H]1c2cc(Br)ccc2OC[C@@H]1CO. The summed E-state index contributed by atoms with van der Waals surface area (Å²) < 4.78 is 45.1. The predicted octanol–water partition coefficient (Wildman–Crippen LogP) is 4.67. The van der Waals surface area contributed by atoms with Crippen molar-refractivity contribution >= 4 is 27.6 Å². The molecule has 3 rings (SSSR count). The van der Waals surface area contributed by atoms with E-state index < -0.39 is 23.8 Å². The Morgan fingerprint density at radius 3 is 2.75 bits per heavy atom. The Kier molecular flexibility index (Phi) is 5.85. The van der Waals surface area contributed by atoms with E-state index in [-0.39, 0.29) is 24.8 Å². The van der Waals surface area contributed by atoms with E-state index in [2.05, 4.69) is 21.2 Å². The molecule has 0 bridgehead atoms. The zero-order chi connectivity index (χ0) is 20.5. The molecule has 0 saturated heterocycles. The first-order valence-corrected chi connectivity index (χ1v) is 9.24. The van der Waals surface area contributed by atoms with Crippen LogP contribution in [0.2, 0.25) is 0 Å². The van der Waals surface area contributed by atoms with Crippen LogP contribution in [0.4, 0.5) is 23.7 Å². The van der Waals surface area contributed by atoms with E-state index in [4.69, 9.17) is 4.74 Å². The van der Waals surface area contributed by atoms with Gasteiger partial charge < -0.3 is 20.1 Å². The van der Waals surface area contributed by atoms with Gasteiger partial charge in [0, 0.05) is 28.7 Å². The van der Waals surface area contributed by atoms with Crippen LogP contribution in [0, 0.1) is 5.92 Å². The number of aliphatic hydroxyl groups is 1. The summed E-state index contributed by atoms with van der Waals surface area (Å²) in [6, 6.07) is 8.71. The van der Waals surface area contributed by atoms with Gasteiger partial charge in [0.2, 0.25) is 0 Å². The van der Waals surface area contributed by atoms with Gasteiger partial charge in [0.15, 0.2) is 0 Å². The molecule has 0 radical (unpaired) electrons. The molecule has 1 aliphatic heterocycles. The Balaban J connectivity index is 1.86. The van der Waals surface area contributed by atoms with Crippen molar-refractivity contribution in [3.05, 3.63) is 58.1 Å². The molecule has 2 N–H and O–H groups in total. The molecule has 2 aromatic rings. The highest BCUT2D eigenvalue weighted by molar-refractivity contribution is 9.10. The Morgan fingerprint density at radius 2 is 2.07 bits per heavy atom. The van der Waals surface area contributed by atoms with E-state index in [1.54, 1.807) is 18.2 Å². The molecule has 0 unspecified atom stereocenters. The van der Waals surface area contributed by atoms with Crippen molar-refractivity contribution in [1.29, 1.82) is 0 Å². The van der Waals surface area contributed by atoms with E-state index in [1.807, 2.05) is 0 Å². The second-order valence-corrected chi connectivity index (χ2v) is 7.42. The maximum absolute atomic E-state index is 12.9. The number of anilines is 1. The number of aliphatic hydroxyl groups excluding tert-OH is 1. The number of rotatable bonds is 3. The van der Waals surface area contributed by atoms with Gasteiger partial charge in [-0.1, -0.05) is 22.0 Å². The lowest BCUT2D eigenvalue weighted by Crippen LogP contribution is -2.43. The van der Waals surface area contributed by atoms with Crippen LogP contribution in [0.3, 0.4) is 0 Å². The number of benzene rings is 2. The lowest BCUT2D eigenvalue weighted by atomic mass is 9.90. The fourth-order valence-electron chi connectivity index (χ4n) is 3.21. The van der Waals surface area contributed by atoms with Crippen molar-refractivity contribution in [2.24, 2.45) is 5.92 Å². The first kappa shape index (κ1) is 20.5. The molecule has 0 fully saturated rings. The summed E-state index contributed by atoms with van der Waals surface area (Å²) in [6.45, 7) is 0.00871.